The first-order valence-corrected chi connectivity index (χ1v) is 7.30. The molecule has 0 bridgehead atoms. The van der Waals surface area contributed by atoms with Crippen molar-refractivity contribution in [1.82, 2.24) is 0 Å². The molecule has 0 atom stereocenters. The van der Waals surface area contributed by atoms with Crippen LogP contribution in [0.5, 0.6) is 0 Å². The maximum absolute atomic E-state index is 8.96. The molecule has 0 N–H and O–H groups in total. The van der Waals surface area contributed by atoms with Gasteiger partial charge in [0.1, 0.15) is 0 Å². The van der Waals surface area contributed by atoms with Crippen LogP contribution in [0, 0.1) is 11.3 Å². The zero-order valence-electron chi connectivity index (χ0n) is 10.9. The summed E-state index contributed by atoms with van der Waals surface area (Å²) in [6.45, 7) is 0. The van der Waals surface area contributed by atoms with E-state index in [-0.39, 0.29) is 0 Å². The molecule has 0 aliphatic rings. The second-order valence-electron chi connectivity index (χ2n) is 4.62. The molecule has 1 aromatic heterocycles. The van der Waals surface area contributed by atoms with Crippen molar-refractivity contribution in [1.29, 1.82) is 5.26 Å². The van der Waals surface area contributed by atoms with Crippen molar-refractivity contribution < 1.29 is 0 Å². The van der Waals surface area contributed by atoms with E-state index in [0.717, 1.165) is 12.0 Å². The molecule has 0 radical (unpaired) electrons. The van der Waals surface area contributed by atoms with E-state index in [9.17, 15) is 0 Å². The summed E-state index contributed by atoms with van der Waals surface area (Å²) in [7, 11) is 0. The quantitative estimate of drug-likeness (QED) is 0.668. The van der Waals surface area contributed by atoms with E-state index in [0.29, 0.717) is 5.56 Å². The molecule has 3 aromatic rings. The van der Waals surface area contributed by atoms with Crippen molar-refractivity contribution in [2.45, 2.75) is 6.42 Å². The second kappa shape index (κ2) is 5.73. The van der Waals surface area contributed by atoms with Gasteiger partial charge in [0.2, 0.25) is 0 Å². The Bertz CT molecular complexity index is 750. The highest BCUT2D eigenvalue weighted by Crippen LogP contribution is 2.29. The van der Waals surface area contributed by atoms with E-state index in [1.807, 2.05) is 24.3 Å². The predicted octanol–water partition coefficient (Wildman–Crippen LogP) is 4.88. The van der Waals surface area contributed by atoms with Gasteiger partial charge in [-0.25, -0.2) is 0 Å². The van der Waals surface area contributed by atoms with Crippen molar-refractivity contribution >= 4 is 11.3 Å². The molecule has 0 fully saturated rings. The van der Waals surface area contributed by atoms with Crippen LogP contribution < -0.4 is 0 Å². The van der Waals surface area contributed by atoms with Gasteiger partial charge in [0.25, 0.3) is 0 Å². The molecule has 0 saturated carbocycles. The molecular formula is C18H13NS. The van der Waals surface area contributed by atoms with Crippen molar-refractivity contribution in [3.63, 3.8) is 0 Å². The van der Waals surface area contributed by atoms with Gasteiger partial charge in [-0.05, 0) is 35.4 Å². The normalized spacial score (nSPS) is 10.2. The number of benzene rings is 2. The number of rotatable bonds is 3. The molecule has 20 heavy (non-hydrogen) atoms. The highest BCUT2D eigenvalue weighted by atomic mass is 32.1. The van der Waals surface area contributed by atoms with E-state index in [4.69, 9.17) is 5.26 Å². The lowest BCUT2D eigenvalue weighted by atomic mass is 10.1. The Labute approximate surface area is 122 Å². The Morgan fingerprint density at radius 3 is 2.55 bits per heavy atom. The third-order valence-corrected chi connectivity index (χ3v) is 4.29. The van der Waals surface area contributed by atoms with E-state index in [2.05, 4.69) is 48.5 Å². The minimum Gasteiger partial charge on any atom is -0.192 e. The largest absolute Gasteiger partial charge is 0.192 e. The summed E-state index contributed by atoms with van der Waals surface area (Å²) in [4.78, 5) is 2.56. The van der Waals surface area contributed by atoms with Gasteiger partial charge in [0.05, 0.1) is 11.6 Å². The zero-order valence-corrected chi connectivity index (χ0v) is 11.7. The van der Waals surface area contributed by atoms with Crippen molar-refractivity contribution in [2.75, 3.05) is 0 Å². The van der Waals surface area contributed by atoms with Crippen LogP contribution in [0.25, 0.3) is 10.4 Å². The molecule has 0 amide bonds. The lowest BCUT2D eigenvalue weighted by Gasteiger charge is -1.99. The van der Waals surface area contributed by atoms with Crippen LogP contribution in [0.1, 0.15) is 16.0 Å². The van der Waals surface area contributed by atoms with Crippen LogP contribution in [-0.4, -0.2) is 0 Å². The third kappa shape index (κ3) is 2.79. The summed E-state index contributed by atoms with van der Waals surface area (Å²) in [6.07, 6.45) is 0.962. The van der Waals surface area contributed by atoms with E-state index < -0.39 is 0 Å². The molecule has 1 nitrogen and oxygen atoms in total. The number of hydrogen-bond acceptors (Lipinski definition) is 2. The Morgan fingerprint density at radius 2 is 1.75 bits per heavy atom. The van der Waals surface area contributed by atoms with E-state index in [1.54, 1.807) is 11.3 Å². The first-order chi connectivity index (χ1) is 9.85. The van der Waals surface area contributed by atoms with Crippen LogP contribution >= 0.6 is 11.3 Å². The van der Waals surface area contributed by atoms with Crippen molar-refractivity contribution in [3.05, 3.63) is 82.7 Å². The van der Waals surface area contributed by atoms with Crippen LogP contribution in [0.3, 0.4) is 0 Å². The van der Waals surface area contributed by atoms with Crippen LogP contribution in [0.15, 0.2) is 66.7 Å². The first kappa shape index (κ1) is 12.7. The van der Waals surface area contributed by atoms with Gasteiger partial charge < -0.3 is 0 Å². The summed E-state index contributed by atoms with van der Waals surface area (Å²) in [5.41, 5.74) is 3.15. The monoisotopic (exact) mass is 275 g/mol. The summed E-state index contributed by atoms with van der Waals surface area (Å²) >= 11 is 1.79. The van der Waals surface area contributed by atoms with E-state index >= 15 is 0 Å². The molecular weight excluding hydrogens is 262 g/mol. The third-order valence-electron chi connectivity index (χ3n) is 3.16. The molecule has 1 heterocycles. The Kier molecular flexibility index (Phi) is 3.62. The van der Waals surface area contributed by atoms with Gasteiger partial charge in [-0.2, -0.15) is 5.26 Å². The minimum absolute atomic E-state index is 0.709. The topological polar surface area (TPSA) is 23.8 Å². The zero-order chi connectivity index (χ0) is 13.8. The fraction of sp³-hybridized carbons (Fsp3) is 0.0556. The van der Waals surface area contributed by atoms with Crippen LogP contribution in [0.2, 0.25) is 0 Å². The molecule has 0 saturated heterocycles. The SMILES string of the molecule is N#Cc1cccc(-c2ccc(Cc3ccccc3)s2)c1. The molecule has 0 spiro atoms. The highest BCUT2D eigenvalue weighted by molar-refractivity contribution is 7.15. The standard InChI is InChI=1S/C18H13NS/c19-13-15-7-4-8-16(11-15)18-10-9-17(20-18)12-14-5-2-1-3-6-14/h1-11H,12H2. The van der Waals surface area contributed by atoms with Crippen molar-refractivity contribution in [3.8, 4) is 16.5 Å². The Morgan fingerprint density at radius 1 is 0.900 bits per heavy atom. The van der Waals surface area contributed by atoms with Gasteiger partial charge in [-0.1, -0.05) is 42.5 Å². The summed E-state index contributed by atoms with van der Waals surface area (Å²) in [6, 6.07) is 24.7. The van der Waals surface area contributed by atoms with Gasteiger partial charge in [0, 0.05) is 16.2 Å². The molecule has 3 rings (SSSR count). The van der Waals surface area contributed by atoms with Crippen LogP contribution in [0.4, 0.5) is 0 Å². The molecule has 0 aliphatic heterocycles. The van der Waals surface area contributed by atoms with Gasteiger partial charge >= 0.3 is 0 Å². The number of hydrogen-bond donors (Lipinski definition) is 0. The predicted molar refractivity (Wildman–Crippen MR) is 83.7 cm³/mol. The van der Waals surface area contributed by atoms with Gasteiger partial charge in [-0.3, -0.25) is 0 Å². The van der Waals surface area contributed by atoms with Crippen LogP contribution in [-0.2, 0) is 6.42 Å². The average Bonchev–Trinajstić information content (AvgIpc) is 2.97. The molecule has 2 heteroatoms. The highest BCUT2D eigenvalue weighted by Gasteiger charge is 2.04. The van der Waals surface area contributed by atoms with Gasteiger partial charge in [-0.15, -0.1) is 11.3 Å². The molecule has 96 valence electrons. The number of nitrogens with zero attached hydrogens (tertiary/aromatic N) is 1. The molecule has 0 unspecified atom stereocenters. The molecule has 2 aromatic carbocycles. The lowest BCUT2D eigenvalue weighted by Crippen LogP contribution is -1.82. The Balaban J connectivity index is 1.85. The maximum Gasteiger partial charge on any atom is 0.0991 e. The fourth-order valence-electron chi connectivity index (χ4n) is 2.17. The number of thiophene rings is 1. The first-order valence-electron chi connectivity index (χ1n) is 6.48. The minimum atomic E-state index is 0.709. The smallest absolute Gasteiger partial charge is 0.0991 e. The Hall–Kier alpha value is -2.37. The van der Waals surface area contributed by atoms with Gasteiger partial charge in [0.15, 0.2) is 0 Å². The fourth-order valence-corrected chi connectivity index (χ4v) is 3.21. The van der Waals surface area contributed by atoms with E-state index in [1.165, 1.54) is 15.3 Å². The molecule has 0 aliphatic carbocycles. The van der Waals surface area contributed by atoms with Crippen molar-refractivity contribution in [2.24, 2.45) is 0 Å². The number of nitriles is 1. The summed E-state index contributed by atoms with van der Waals surface area (Å²) in [5.74, 6) is 0. The average molecular weight is 275 g/mol. The summed E-state index contributed by atoms with van der Waals surface area (Å²) in [5, 5.41) is 8.96. The summed E-state index contributed by atoms with van der Waals surface area (Å²) < 4.78 is 0. The lowest BCUT2D eigenvalue weighted by molar-refractivity contribution is 1.24. The second-order valence-corrected chi connectivity index (χ2v) is 5.79. The maximum atomic E-state index is 8.96.